The first-order valence-corrected chi connectivity index (χ1v) is 4.43. The molecule has 2 aromatic carbocycles. The van der Waals surface area contributed by atoms with Gasteiger partial charge < -0.3 is 0 Å². The number of hydrogen-bond acceptors (Lipinski definition) is 2. The Bertz CT molecular complexity index is 448. The second-order valence-corrected chi connectivity index (χ2v) is 3.06. The highest BCUT2D eigenvalue weighted by atomic mass is 16.3. The lowest BCUT2D eigenvalue weighted by Crippen LogP contribution is -2.03. The van der Waals surface area contributed by atoms with E-state index in [-0.39, 0.29) is 0 Å². The number of rotatable bonds is 3. The van der Waals surface area contributed by atoms with Crippen molar-refractivity contribution in [3.8, 4) is 0 Å². The van der Waals surface area contributed by atoms with Crippen LogP contribution in [0.5, 0.6) is 0 Å². The lowest BCUT2D eigenvalue weighted by Gasteiger charge is -2.04. The first kappa shape index (κ1) is 8.69. The van der Waals surface area contributed by atoms with Gasteiger partial charge in [0.2, 0.25) is 0 Å². The van der Waals surface area contributed by atoms with Crippen molar-refractivity contribution in [2.75, 3.05) is 0 Å². The van der Waals surface area contributed by atoms with Crippen molar-refractivity contribution >= 4 is 10.8 Å². The van der Waals surface area contributed by atoms with Gasteiger partial charge in [0.1, 0.15) is 0 Å². The van der Waals surface area contributed by atoms with E-state index in [1.807, 2.05) is 42.5 Å². The van der Waals surface area contributed by atoms with Crippen molar-refractivity contribution in [1.29, 1.82) is 0 Å². The lowest BCUT2D eigenvalue weighted by atomic mass is 10.1. The third kappa shape index (κ3) is 1.57. The van der Waals surface area contributed by atoms with E-state index in [1.165, 1.54) is 5.39 Å². The van der Waals surface area contributed by atoms with Crippen molar-refractivity contribution in [3.05, 3.63) is 52.9 Å². The normalized spacial score (nSPS) is 10.0. The molecule has 2 rings (SSSR count). The van der Waals surface area contributed by atoms with E-state index < -0.39 is 0 Å². The summed E-state index contributed by atoms with van der Waals surface area (Å²) in [6, 6.07) is 14.1. The molecular weight excluding hydrogens is 176 g/mol. The average molecular weight is 186 g/mol. The number of hydrogen-bond donors (Lipinski definition) is 1. The Kier molecular flexibility index (Phi) is 2.40. The van der Waals surface area contributed by atoms with Crippen molar-refractivity contribution in [2.45, 2.75) is 6.54 Å². The van der Waals surface area contributed by atoms with Gasteiger partial charge in [-0.1, -0.05) is 42.5 Å². The van der Waals surface area contributed by atoms with Crippen LogP contribution in [0.3, 0.4) is 0 Å². The van der Waals surface area contributed by atoms with E-state index in [9.17, 15) is 4.91 Å². The van der Waals surface area contributed by atoms with Crippen molar-refractivity contribution in [2.24, 2.45) is 5.29 Å². The highest BCUT2D eigenvalue weighted by molar-refractivity contribution is 5.85. The fourth-order valence-electron chi connectivity index (χ4n) is 1.56. The van der Waals surface area contributed by atoms with Crippen LogP contribution in [0.1, 0.15) is 5.56 Å². The zero-order chi connectivity index (χ0) is 9.80. The molecule has 0 aliphatic rings. The smallest absolute Gasteiger partial charge is 0.0618 e. The first-order chi connectivity index (χ1) is 6.92. The average Bonchev–Trinajstić information content (AvgIpc) is 2.26. The van der Waals surface area contributed by atoms with Gasteiger partial charge in [-0.05, 0) is 16.3 Å². The van der Waals surface area contributed by atoms with Crippen molar-refractivity contribution < 1.29 is 0 Å². The monoisotopic (exact) mass is 186 g/mol. The molecule has 70 valence electrons. The van der Waals surface area contributed by atoms with Crippen LogP contribution in [0.4, 0.5) is 0 Å². The van der Waals surface area contributed by atoms with Crippen LogP contribution in [0.2, 0.25) is 0 Å². The Balaban J connectivity index is 2.48. The molecule has 0 radical (unpaired) electrons. The van der Waals surface area contributed by atoms with Crippen LogP contribution < -0.4 is 5.43 Å². The van der Waals surface area contributed by atoms with E-state index in [1.54, 1.807) is 0 Å². The molecular formula is C11H10N2O. The third-order valence-electron chi connectivity index (χ3n) is 2.21. The Labute approximate surface area is 81.7 Å². The Morgan fingerprint density at radius 3 is 2.71 bits per heavy atom. The van der Waals surface area contributed by atoms with Gasteiger partial charge in [0.25, 0.3) is 0 Å². The molecule has 0 bridgehead atoms. The van der Waals surface area contributed by atoms with Gasteiger partial charge in [-0.2, -0.15) is 0 Å². The number of nitrogens with zero attached hydrogens (tertiary/aromatic N) is 1. The molecule has 0 saturated carbocycles. The van der Waals surface area contributed by atoms with Crippen LogP contribution in [0, 0.1) is 4.91 Å². The number of nitrogens with one attached hydrogen (secondary N) is 1. The summed E-state index contributed by atoms with van der Waals surface area (Å²) in [5.74, 6) is 0. The minimum Gasteiger partial charge on any atom is -0.269 e. The molecule has 0 unspecified atom stereocenters. The maximum Gasteiger partial charge on any atom is 0.0618 e. The maximum absolute atomic E-state index is 9.95. The fraction of sp³-hybridized carbons (Fsp3) is 0.0909. The largest absolute Gasteiger partial charge is 0.269 e. The van der Waals surface area contributed by atoms with E-state index in [2.05, 4.69) is 10.7 Å². The number of fused-ring (bicyclic) bond motifs is 1. The van der Waals surface area contributed by atoms with Gasteiger partial charge >= 0.3 is 0 Å². The van der Waals surface area contributed by atoms with Crippen LogP contribution >= 0.6 is 0 Å². The van der Waals surface area contributed by atoms with Crippen LogP contribution in [0.25, 0.3) is 10.8 Å². The van der Waals surface area contributed by atoms with Crippen molar-refractivity contribution in [1.82, 2.24) is 5.43 Å². The lowest BCUT2D eigenvalue weighted by molar-refractivity contribution is 0.741. The van der Waals surface area contributed by atoms with Crippen LogP contribution in [0.15, 0.2) is 47.8 Å². The summed E-state index contributed by atoms with van der Waals surface area (Å²) in [6.45, 7) is 0.477. The zero-order valence-electron chi connectivity index (χ0n) is 7.60. The summed E-state index contributed by atoms with van der Waals surface area (Å²) in [6.07, 6.45) is 0. The Hall–Kier alpha value is -1.90. The second kappa shape index (κ2) is 3.87. The van der Waals surface area contributed by atoms with Gasteiger partial charge in [0.05, 0.1) is 6.54 Å². The molecule has 0 aliphatic heterocycles. The van der Waals surface area contributed by atoms with Gasteiger partial charge in [0, 0.05) is 5.29 Å². The molecule has 1 N–H and O–H groups in total. The highest BCUT2D eigenvalue weighted by Crippen LogP contribution is 2.17. The summed E-state index contributed by atoms with van der Waals surface area (Å²) in [4.78, 5) is 9.95. The third-order valence-corrected chi connectivity index (χ3v) is 2.21. The maximum atomic E-state index is 9.95. The van der Waals surface area contributed by atoms with E-state index in [0.717, 1.165) is 10.9 Å². The van der Waals surface area contributed by atoms with Crippen LogP contribution in [-0.2, 0) is 6.54 Å². The first-order valence-electron chi connectivity index (χ1n) is 4.43. The summed E-state index contributed by atoms with van der Waals surface area (Å²) < 4.78 is 0. The summed E-state index contributed by atoms with van der Waals surface area (Å²) in [5, 5.41) is 4.97. The van der Waals surface area contributed by atoms with Gasteiger partial charge in [-0.25, -0.2) is 0 Å². The number of nitroso groups, excluding NO2 is 1. The molecule has 0 spiro atoms. The highest BCUT2D eigenvalue weighted by Gasteiger charge is 1.98. The summed E-state index contributed by atoms with van der Waals surface area (Å²) in [7, 11) is 0. The molecule has 3 heteroatoms. The summed E-state index contributed by atoms with van der Waals surface area (Å²) in [5.41, 5.74) is 3.51. The van der Waals surface area contributed by atoms with E-state index in [0.29, 0.717) is 6.54 Å². The molecule has 0 aliphatic carbocycles. The zero-order valence-corrected chi connectivity index (χ0v) is 7.60. The minimum atomic E-state index is 0.477. The molecule has 0 saturated heterocycles. The topological polar surface area (TPSA) is 41.5 Å². The standard InChI is InChI=1S/C11H10N2O/c14-13-12-8-10-6-3-5-9-4-1-2-7-11(9)10/h1-7H,8H2,(H,12,14). The molecule has 0 fully saturated rings. The van der Waals surface area contributed by atoms with E-state index >= 15 is 0 Å². The quantitative estimate of drug-likeness (QED) is 0.591. The van der Waals surface area contributed by atoms with Crippen LogP contribution in [-0.4, -0.2) is 0 Å². The second-order valence-electron chi connectivity index (χ2n) is 3.06. The molecule has 0 aromatic heterocycles. The molecule has 0 amide bonds. The molecule has 0 atom stereocenters. The Morgan fingerprint density at radius 2 is 1.86 bits per heavy atom. The van der Waals surface area contributed by atoms with Gasteiger partial charge in [0.15, 0.2) is 0 Å². The minimum absolute atomic E-state index is 0.477. The predicted molar refractivity (Wildman–Crippen MR) is 56.6 cm³/mol. The SMILES string of the molecule is O=NNCc1cccc2ccccc12. The van der Waals surface area contributed by atoms with Gasteiger partial charge in [-0.3, -0.25) is 5.43 Å². The fourth-order valence-corrected chi connectivity index (χ4v) is 1.56. The molecule has 14 heavy (non-hydrogen) atoms. The van der Waals surface area contributed by atoms with Crippen molar-refractivity contribution in [3.63, 3.8) is 0 Å². The molecule has 0 heterocycles. The molecule has 3 nitrogen and oxygen atoms in total. The Morgan fingerprint density at radius 1 is 1.07 bits per heavy atom. The summed E-state index contributed by atoms with van der Waals surface area (Å²) >= 11 is 0. The molecule has 2 aromatic rings. The predicted octanol–water partition coefficient (Wildman–Crippen LogP) is 2.61. The number of benzene rings is 2. The van der Waals surface area contributed by atoms with Gasteiger partial charge in [-0.15, -0.1) is 4.91 Å². The van der Waals surface area contributed by atoms with E-state index in [4.69, 9.17) is 0 Å².